The molecule has 140 valence electrons. The largest absolute Gasteiger partial charge is 0.389 e. The minimum Gasteiger partial charge on any atom is -0.389 e. The highest BCUT2D eigenvalue weighted by Crippen LogP contribution is 2.16. The molecule has 1 amide bonds. The van der Waals surface area contributed by atoms with Crippen LogP contribution in [0.1, 0.15) is 31.1 Å². The lowest BCUT2D eigenvalue weighted by molar-refractivity contribution is -0.109. The molecule has 1 aliphatic rings. The van der Waals surface area contributed by atoms with Gasteiger partial charge in [-0.3, -0.25) is 4.79 Å². The number of carbonyl (C=O) groups is 1. The van der Waals surface area contributed by atoms with Crippen LogP contribution in [0.25, 0.3) is 0 Å². The zero-order chi connectivity index (χ0) is 18.6. The van der Waals surface area contributed by atoms with Crippen molar-refractivity contribution in [2.75, 3.05) is 24.5 Å². The zero-order valence-corrected chi connectivity index (χ0v) is 15.0. The Labute approximate surface area is 148 Å². The van der Waals surface area contributed by atoms with Crippen LogP contribution in [0, 0.1) is 0 Å². The number of nitrogens with one attached hydrogen (secondary N) is 2. The highest BCUT2D eigenvalue weighted by molar-refractivity contribution is 5.94. The average Bonchev–Trinajstić information content (AvgIpc) is 2.63. The van der Waals surface area contributed by atoms with Crippen LogP contribution < -0.4 is 15.5 Å². The molecule has 0 radical (unpaired) electrons. The first-order chi connectivity index (χ1) is 11.9. The fourth-order valence-corrected chi connectivity index (χ4v) is 3.17. The Morgan fingerprint density at radius 1 is 1.08 bits per heavy atom. The Hall–Kier alpha value is -1.67. The van der Waals surface area contributed by atoms with E-state index >= 15 is 0 Å². The first kappa shape index (κ1) is 19.7. The SMILES string of the molecule is CCN(CC)c1ccc(C(=O)NC[C@H]2N[C@@H](C)[C@@H](O)[C@@H](O)[C@@H]2O)cc1. The molecule has 1 saturated heterocycles. The maximum Gasteiger partial charge on any atom is 0.251 e. The van der Waals surface area contributed by atoms with E-state index in [1.807, 2.05) is 12.1 Å². The van der Waals surface area contributed by atoms with E-state index in [2.05, 4.69) is 29.4 Å². The third kappa shape index (κ3) is 4.49. The summed E-state index contributed by atoms with van der Waals surface area (Å²) >= 11 is 0. The molecule has 2 rings (SSSR count). The van der Waals surface area contributed by atoms with Gasteiger partial charge in [-0.2, -0.15) is 0 Å². The van der Waals surface area contributed by atoms with Crippen molar-refractivity contribution in [1.29, 1.82) is 0 Å². The number of hydrogen-bond donors (Lipinski definition) is 5. The summed E-state index contributed by atoms with van der Waals surface area (Å²) in [6, 6.07) is 6.49. The molecule has 0 unspecified atom stereocenters. The molecule has 1 fully saturated rings. The molecule has 0 bridgehead atoms. The number of amides is 1. The summed E-state index contributed by atoms with van der Waals surface area (Å²) in [7, 11) is 0. The number of rotatable bonds is 6. The minimum absolute atomic E-state index is 0.159. The van der Waals surface area contributed by atoms with E-state index in [4.69, 9.17) is 0 Å². The van der Waals surface area contributed by atoms with E-state index in [-0.39, 0.29) is 18.5 Å². The molecule has 25 heavy (non-hydrogen) atoms. The Morgan fingerprint density at radius 2 is 1.68 bits per heavy atom. The van der Waals surface area contributed by atoms with Gasteiger partial charge in [0.1, 0.15) is 6.10 Å². The monoisotopic (exact) mass is 351 g/mol. The van der Waals surface area contributed by atoms with E-state index in [1.165, 1.54) is 0 Å². The molecule has 1 heterocycles. The maximum atomic E-state index is 12.3. The fourth-order valence-electron chi connectivity index (χ4n) is 3.17. The summed E-state index contributed by atoms with van der Waals surface area (Å²) in [5.74, 6) is -0.242. The first-order valence-corrected chi connectivity index (χ1v) is 8.82. The molecule has 0 saturated carbocycles. The molecule has 5 atom stereocenters. The Balaban J connectivity index is 1.94. The predicted octanol–water partition coefficient (Wildman–Crippen LogP) is -0.294. The van der Waals surface area contributed by atoms with Crippen molar-refractivity contribution in [3.63, 3.8) is 0 Å². The van der Waals surface area contributed by atoms with Gasteiger partial charge in [-0.25, -0.2) is 0 Å². The summed E-state index contributed by atoms with van der Waals surface area (Å²) < 4.78 is 0. The Bertz CT molecular complexity index is 562. The molecule has 7 heteroatoms. The summed E-state index contributed by atoms with van der Waals surface area (Å²) in [5, 5.41) is 35.4. The van der Waals surface area contributed by atoms with Gasteiger partial charge in [-0.1, -0.05) is 0 Å². The third-order valence-corrected chi connectivity index (χ3v) is 4.84. The molecule has 0 aliphatic carbocycles. The second kappa shape index (κ2) is 8.62. The summed E-state index contributed by atoms with van der Waals surface area (Å²) in [4.78, 5) is 14.5. The van der Waals surface area contributed by atoms with Crippen molar-refractivity contribution in [3.8, 4) is 0 Å². The lowest BCUT2D eigenvalue weighted by Gasteiger charge is -2.40. The van der Waals surface area contributed by atoms with Gasteiger partial charge in [0.15, 0.2) is 0 Å². The lowest BCUT2D eigenvalue weighted by Crippen LogP contribution is -2.66. The summed E-state index contributed by atoms with van der Waals surface area (Å²) in [6.45, 7) is 7.85. The molecule has 5 N–H and O–H groups in total. The molecule has 1 aliphatic heterocycles. The van der Waals surface area contributed by atoms with E-state index in [0.29, 0.717) is 5.56 Å². The van der Waals surface area contributed by atoms with Crippen LogP contribution in [0.5, 0.6) is 0 Å². The molecule has 7 nitrogen and oxygen atoms in total. The van der Waals surface area contributed by atoms with Crippen LogP contribution in [0.3, 0.4) is 0 Å². The van der Waals surface area contributed by atoms with Crippen molar-refractivity contribution in [2.24, 2.45) is 0 Å². The normalized spacial score (nSPS) is 29.3. The van der Waals surface area contributed by atoms with Crippen LogP contribution in [0.2, 0.25) is 0 Å². The van der Waals surface area contributed by atoms with Crippen molar-refractivity contribution in [2.45, 2.75) is 51.2 Å². The van der Waals surface area contributed by atoms with Gasteiger partial charge in [0.05, 0.1) is 18.2 Å². The number of piperidine rings is 1. The van der Waals surface area contributed by atoms with Crippen molar-refractivity contribution >= 4 is 11.6 Å². The number of carbonyl (C=O) groups excluding carboxylic acids is 1. The van der Waals surface area contributed by atoms with Crippen LogP contribution in [0.15, 0.2) is 24.3 Å². The number of aliphatic hydroxyl groups is 3. The molecule has 0 aromatic heterocycles. The highest BCUT2D eigenvalue weighted by atomic mass is 16.4. The van der Waals surface area contributed by atoms with Crippen molar-refractivity contribution in [1.82, 2.24) is 10.6 Å². The predicted molar refractivity (Wildman–Crippen MR) is 96.7 cm³/mol. The minimum atomic E-state index is -1.23. The first-order valence-electron chi connectivity index (χ1n) is 8.82. The van der Waals surface area contributed by atoms with Crippen LogP contribution in [-0.4, -0.2) is 71.3 Å². The Kier molecular flexibility index (Phi) is 6.78. The van der Waals surface area contributed by atoms with Crippen LogP contribution in [0.4, 0.5) is 5.69 Å². The van der Waals surface area contributed by atoms with E-state index in [1.54, 1.807) is 19.1 Å². The van der Waals surface area contributed by atoms with E-state index in [9.17, 15) is 20.1 Å². The van der Waals surface area contributed by atoms with Crippen LogP contribution >= 0.6 is 0 Å². The van der Waals surface area contributed by atoms with Gasteiger partial charge < -0.3 is 30.9 Å². The number of nitrogens with zero attached hydrogens (tertiary/aromatic N) is 1. The van der Waals surface area contributed by atoms with E-state index in [0.717, 1.165) is 18.8 Å². The smallest absolute Gasteiger partial charge is 0.251 e. The maximum absolute atomic E-state index is 12.3. The number of benzene rings is 1. The second-order valence-electron chi connectivity index (χ2n) is 6.46. The lowest BCUT2D eigenvalue weighted by atomic mass is 9.91. The van der Waals surface area contributed by atoms with E-state index < -0.39 is 24.4 Å². The Morgan fingerprint density at radius 3 is 2.24 bits per heavy atom. The standard InChI is InChI=1S/C18H29N3O4/c1-4-21(5-2)13-8-6-12(7-9-13)18(25)19-10-14-16(23)17(24)15(22)11(3)20-14/h6-9,11,14-17,20,22-24H,4-5,10H2,1-3H3,(H,19,25)/t11-,14+,15+,16+,17+/m0/s1. The third-order valence-electron chi connectivity index (χ3n) is 4.84. The van der Waals surface area contributed by atoms with Gasteiger partial charge in [-0.15, -0.1) is 0 Å². The summed E-state index contributed by atoms with van der Waals surface area (Å²) in [5.41, 5.74) is 1.60. The molecule has 0 spiro atoms. The topological polar surface area (TPSA) is 105 Å². The highest BCUT2D eigenvalue weighted by Gasteiger charge is 2.40. The number of anilines is 1. The van der Waals surface area contributed by atoms with Gasteiger partial charge >= 0.3 is 0 Å². The summed E-state index contributed by atoms with van der Waals surface area (Å²) in [6.07, 6.45) is -3.40. The fraction of sp³-hybridized carbons (Fsp3) is 0.611. The van der Waals surface area contributed by atoms with Gasteiger partial charge in [-0.05, 0) is 45.0 Å². The number of hydrogen-bond acceptors (Lipinski definition) is 6. The average molecular weight is 351 g/mol. The molecule has 1 aromatic rings. The van der Waals surface area contributed by atoms with Crippen LogP contribution in [-0.2, 0) is 0 Å². The van der Waals surface area contributed by atoms with Crippen molar-refractivity contribution in [3.05, 3.63) is 29.8 Å². The van der Waals surface area contributed by atoms with Gasteiger partial charge in [0, 0.05) is 36.9 Å². The molecular weight excluding hydrogens is 322 g/mol. The van der Waals surface area contributed by atoms with Crippen molar-refractivity contribution < 1.29 is 20.1 Å². The molecular formula is C18H29N3O4. The second-order valence-corrected chi connectivity index (χ2v) is 6.46. The van der Waals surface area contributed by atoms with Gasteiger partial charge in [0.2, 0.25) is 0 Å². The van der Waals surface area contributed by atoms with Gasteiger partial charge in [0.25, 0.3) is 5.91 Å². The quantitative estimate of drug-likeness (QED) is 0.482. The zero-order valence-electron chi connectivity index (χ0n) is 15.0. The number of aliphatic hydroxyl groups excluding tert-OH is 3. The molecule has 1 aromatic carbocycles.